The van der Waals surface area contributed by atoms with Gasteiger partial charge in [-0.2, -0.15) is 10.2 Å². The first-order valence-corrected chi connectivity index (χ1v) is 8.80. The zero-order chi connectivity index (χ0) is 19.7. The second-order valence-electron chi connectivity index (χ2n) is 6.65. The molecule has 1 aliphatic rings. The van der Waals surface area contributed by atoms with Gasteiger partial charge in [0.1, 0.15) is 11.7 Å². The molecule has 7 nitrogen and oxygen atoms in total. The average Bonchev–Trinajstić information content (AvgIpc) is 2.68. The molecule has 0 radical (unpaired) electrons. The molecule has 2 atom stereocenters. The lowest BCUT2D eigenvalue weighted by Crippen LogP contribution is -2.38. The molecule has 0 unspecified atom stereocenters. The molecule has 1 aliphatic heterocycles. The van der Waals surface area contributed by atoms with Crippen LogP contribution in [0.3, 0.4) is 0 Å². The molecule has 28 heavy (non-hydrogen) atoms. The third-order valence-electron chi connectivity index (χ3n) is 4.74. The molecule has 2 heterocycles. The Bertz CT molecular complexity index is 1130. The Kier molecular flexibility index (Phi) is 4.38. The summed E-state index contributed by atoms with van der Waals surface area (Å²) in [5.74, 6) is -1.77. The number of para-hydroxylation sites is 1. The molecule has 0 aliphatic carbocycles. The van der Waals surface area contributed by atoms with Gasteiger partial charge >= 0.3 is 0 Å². The monoisotopic (exact) mass is 371 g/mol. The highest BCUT2D eigenvalue weighted by molar-refractivity contribution is 5.98. The SMILES string of the molecule is Cc1ccc([C@H]2c3c(nc(Nc4ccccc4)[nH]c3=O)NC(=O)[C@@H]2C#N)cc1. The number of nitrogens with one attached hydrogen (secondary N) is 3. The van der Waals surface area contributed by atoms with Crippen LogP contribution in [0.15, 0.2) is 59.4 Å². The van der Waals surface area contributed by atoms with Crippen molar-refractivity contribution in [2.24, 2.45) is 5.92 Å². The maximum absolute atomic E-state index is 12.9. The number of aromatic amines is 1. The van der Waals surface area contributed by atoms with Crippen LogP contribution >= 0.6 is 0 Å². The molecule has 3 aromatic rings. The molecule has 7 heteroatoms. The zero-order valence-electron chi connectivity index (χ0n) is 15.1. The van der Waals surface area contributed by atoms with Gasteiger partial charge in [-0.1, -0.05) is 48.0 Å². The van der Waals surface area contributed by atoms with E-state index in [1.165, 1.54) is 0 Å². The van der Waals surface area contributed by atoms with E-state index in [2.05, 4.69) is 20.6 Å². The minimum absolute atomic E-state index is 0.171. The van der Waals surface area contributed by atoms with E-state index in [0.29, 0.717) is 0 Å². The van der Waals surface area contributed by atoms with Gasteiger partial charge < -0.3 is 10.6 Å². The molecular weight excluding hydrogens is 354 g/mol. The first kappa shape index (κ1) is 17.5. The minimum Gasteiger partial charge on any atom is -0.326 e. The number of carbonyl (C=O) groups is 1. The van der Waals surface area contributed by atoms with Crippen molar-refractivity contribution in [1.29, 1.82) is 5.26 Å². The van der Waals surface area contributed by atoms with Crippen LogP contribution in [-0.4, -0.2) is 15.9 Å². The van der Waals surface area contributed by atoms with Crippen molar-refractivity contribution in [2.75, 3.05) is 10.6 Å². The summed E-state index contributed by atoms with van der Waals surface area (Å²) in [5.41, 5.74) is 2.41. The lowest BCUT2D eigenvalue weighted by atomic mass is 9.79. The number of rotatable bonds is 3. The van der Waals surface area contributed by atoms with Gasteiger partial charge in [0.25, 0.3) is 5.56 Å². The number of hydrogen-bond donors (Lipinski definition) is 3. The molecular formula is C21H17N5O2. The van der Waals surface area contributed by atoms with E-state index in [9.17, 15) is 14.9 Å². The van der Waals surface area contributed by atoms with Crippen molar-refractivity contribution < 1.29 is 4.79 Å². The third kappa shape index (κ3) is 3.12. The van der Waals surface area contributed by atoms with E-state index in [-0.39, 0.29) is 17.3 Å². The summed E-state index contributed by atoms with van der Waals surface area (Å²) in [5, 5.41) is 15.2. The van der Waals surface area contributed by atoms with E-state index in [4.69, 9.17) is 0 Å². The second kappa shape index (κ2) is 7.00. The van der Waals surface area contributed by atoms with Gasteiger partial charge in [-0.05, 0) is 24.6 Å². The number of nitriles is 1. The van der Waals surface area contributed by atoms with Crippen molar-refractivity contribution >= 4 is 23.4 Å². The summed E-state index contributed by atoms with van der Waals surface area (Å²) in [4.78, 5) is 32.5. The van der Waals surface area contributed by atoms with Gasteiger partial charge in [0.05, 0.1) is 11.6 Å². The van der Waals surface area contributed by atoms with Crippen LogP contribution in [0.5, 0.6) is 0 Å². The van der Waals surface area contributed by atoms with E-state index in [1.54, 1.807) is 0 Å². The number of amides is 1. The van der Waals surface area contributed by atoms with Gasteiger partial charge in [-0.3, -0.25) is 14.6 Å². The molecule has 4 rings (SSSR count). The summed E-state index contributed by atoms with van der Waals surface area (Å²) < 4.78 is 0. The quantitative estimate of drug-likeness (QED) is 0.655. The van der Waals surface area contributed by atoms with Crippen molar-refractivity contribution in [3.05, 3.63) is 81.6 Å². The Balaban J connectivity index is 1.82. The van der Waals surface area contributed by atoms with Crippen molar-refractivity contribution in [3.63, 3.8) is 0 Å². The topological polar surface area (TPSA) is 111 Å². The second-order valence-corrected chi connectivity index (χ2v) is 6.65. The highest BCUT2D eigenvalue weighted by Crippen LogP contribution is 2.38. The molecule has 1 amide bonds. The van der Waals surface area contributed by atoms with Crippen LogP contribution in [0.2, 0.25) is 0 Å². The standard InChI is InChI=1S/C21H17N5O2/c1-12-7-9-13(10-8-12)16-15(11-22)19(27)24-18-17(16)20(28)26-21(25-18)23-14-5-3-2-4-6-14/h2-10,15-16H,1H3,(H3,23,24,25,26,27,28)/t15-,16-/m1/s1. The Morgan fingerprint density at radius 1 is 1.07 bits per heavy atom. The summed E-state index contributed by atoms with van der Waals surface area (Å²) in [6, 6.07) is 18.7. The van der Waals surface area contributed by atoms with E-state index >= 15 is 0 Å². The van der Waals surface area contributed by atoms with Crippen molar-refractivity contribution in [3.8, 4) is 6.07 Å². The predicted molar refractivity (Wildman–Crippen MR) is 105 cm³/mol. The summed E-state index contributed by atoms with van der Waals surface area (Å²) in [6.45, 7) is 1.95. The summed E-state index contributed by atoms with van der Waals surface area (Å²) in [7, 11) is 0. The van der Waals surface area contributed by atoms with Gasteiger partial charge in [0, 0.05) is 11.6 Å². The average molecular weight is 371 g/mol. The molecule has 0 saturated heterocycles. The van der Waals surface area contributed by atoms with E-state index in [0.717, 1.165) is 16.8 Å². The molecule has 0 saturated carbocycles. The molecule has 3 N–H and O–H groups in total. The van der Waals surface area contributed by atoms with Crippen molar-refractivity contribution in [1.82, 2.24) is 9.97 Å². The zero-order valence-corrected chi connectivity index (χ0v) is 15.1. The van der Waals surface area contributed by atoms with Crippen molar-refractivity contribution in [2.45, 2.75) is 12.8 Å². The summed E-state index contributed by atoms with van der Waals surface area (Å²) in [6.07, 6.45) is 0. The first-order chi connectivity index (χ1) is 13.6. The Hall–Kier alpha value is -3.92. The maximum Gasteiger partial charge on any atom is 0.258 e. The normalized spacial score (nSPS) is 17.9. The maximum atomic E-state index is 12.9. The predicted octanol–water partition coefficient (Wildman–Crippen LogP) is 3.05. The smallest absolute Gasteiger partial charge is 0.258 e. The summed E-state index contributed by atoms with van der Waals surface area (Å²) >= 11 is 0. The van der Waals surface area contributed by atoms with Gasteiger partial charge in [-0.15, -0.1) is 0 Å². The number of fused-ring (bicyclic) bond motifs is 1. The molecule has 0 bridgehead atoms. The third-order valence-corrected chi connectivity index (χ3v) is 4.74. The number of aromatic nitrogens is 2. The van der Waals surface area contributed by atoms with Crippen LogP contribution < -0.4 is 16.2 Å². The molecule has 2 aromatic carbocycles. The van der Waals surface area contributed by atoms with Crippen LogP contribution in [0.25, 0.3) is 0 Å². The van der Waals surface area contributed by atoms with Crippen LogP contribution in [0.1, 0.15) is 22.6 Å². The molecule has 0 fully saturated rings. The van der Waals surface area contributed by atoms with Crippen LogP contribution in [0, 0.1) is 24.2 Å². The Morgan fingerprint density at radius 3 is 2.46 bits per heavy atom. The number of aryl methyl sites for hydroxylation is 1. The Labute approximate surface area is 161 Å². The van der Waals surface area contributed by atoms with E-state index in [1.807, 2.05) is 67.6 Å². The van der Waals surface area contributed by atoms with Crippen LogP contribution in [0.4, 0.5) is 17.5 Å². The lowest BCUT2D eigenvalue weighted by Gasteiger charge is -2.28. The number of carbonyl (C=O) groups excluding carboxylic acids is 1. The lowest BCUT2D eigenvalue weighted by molar-refractivity contribution is -0.119. The highest BCUT2D eigenvalue weighted by Gasteiger charge is 2.40. The Morgan fingerprint density at radius 2 is 1.79 bits per heavy atom. The van der Waals surface area contributed by atoms with Crippen LogP contribution in [-0.2, 0) is 4.79 Å². The first-order valence-electron chi connectivity index (χ1n) is 8.80. The molecule has 138 valence electrons. The number of nitrogens with zero attached hydrogens (tertiary/aromatic N) is 2. The molecule has 0 spiro atoms. The number of benzene rings is 2. The number of hydrogen-bond acceptors (Lipinski definition) is 5. The highest BCUT2D eigenvalue weighted by atomic mass is 16.2. The number of H-pyrrole nitrogens is 1. The number of anilines is 3. The fourth-order valence-corrected chi connectivity index (χ4v) is 3.36. The van der Waals surface area contributed by atoms with Gasteiger partial charge in [0.2, 0.25) is 11.9 Å². The fraction of sp³-hybridized carbons (Fsp3) is 0.143. The fourth-order valence-electron chi connectivity index (χ4n) is 3.36. The van der Waals surface area contributed by atoms with E-state index < -0.39 is 23.3 Å². The van der Waals surface area contributed by atoms with Gasteiger partial charge in [0.15, 0.2) is 0 Å². The van der Waals surface area contributed by atoms with Gasteiger partial charge in [-0.25, -0.2) is 0 Å². The molecule has 1 aromatic heterocycles. The minimum atomic E-state index is -1.01. The largest absolute Gasteiger partial charge is 0.326 e.